The Labute approximate surface area is 130 Å². The van der Waals surface area contributed by atoms with Crippen LogP contribution < -0.4 is 10.6 Å². The Kier molecular flexibility index (Phi) is 4.51. The van der Waals surface area contributed by atoms with Gasteiger partial charge < -0.3 is 15.5 Å². The number of benzene rings is 1. The van der Waals surface area contributed by atoms with Crippen molar-refractivity contribution in [2.75, 3.05) is 36.8 Å². The molecule has 1 aromatic rings. The van der Waals surface area contributed by atoms with Gasteiger partial charge in [0.2, 0.25) is 0 Å². The molecule has 3 nitrogen and oxygen atoms in total. The Hall–Kier alpha value is -0.740. The zero-order chi connectivity index (χ0) is 13.9. The standard InChI is InChI=1S/C16H24BrN3/c17-13-4-5-16(15(18)12-13)20-10-6-14(7-11-20)19-8-2-1-3-9-19/h4-5,12,14H,1-3,6-11,18H2. The van der Waals surface area contributed by atoms with Crippen molar-refractivity contribution < 1.29 is 0 Å². The molecule has 0 amide bonds. The molecule has 0 bridgehead atoms. The maximum Gasteiger partial charge on any atom is 0.0600 e. The first-order valence-electron chi connectivity index (χ1n) is 7.78. The lowest BCUT2D eigenvalue weighted by Gasteiger charge is -2.41. The minimum atomic E-state index is 0.795. The number of likely N-dealkylation sites (tertiary alicyclic amines) is 1. The Morgan fingerprint density at radius 2 is 1.70 bits per heavy atom. The normalized spacial score (nSPS) is 22.1. The quantitative estimate of drug-likeness (QED) is 0.838. The van der Waals surface area contributed by atoms with E-state index in [2.05, 4.69) is 37.9 Å². The average molecular weight is 338 g/mol. The van der Waals surface area contributed by atoms with E-state index in [1.807, 2.05) is 6.07 Å². The number of anilines is 2. The summed E-state index contributed by atoms with van der Waals surface area (Å²) in [5.74, 6) is 0. The van der Waals surface area contributed by atoms with Gasteiger partial charge in [0.25, 0.3) is 0 Å². The number of hydrogen-bond donors (Lipinski definition) is 1. The highest BCUT2D eigenvalue weighted by Gasteiger charge is 2.26. The largest absolute Gasteiger partial charge is 0.397 e. The van der Waals surface area contributed by atoms with Crippen LogP contribution in [0.25, 0.3) is 0 Å². The lowest BCUT2D eigenvalue weighted by molar-refractivity contribution is 0.141. The number of nitrogen functional groups attached to an aromatic ring is 1. The molecule has 3 rings (SSSR count). The number of hydrogen-bond acceptors (Lipinski definition) is 3. The predicted octanol–water partition coefficient (Wildman–Crippen LogP) is 3.49. The Morgan fingerprint density at radius 3 is 2.35 bits per heavy atom. The van der Waals surface area contributed by atoms with Crippen LogP contribution in [0.1, 0.15) is 32.1 Å². The van der Waals surface area contributed by atoms with E-state index >= 15 is 0 Å². The molecule has 2 aliphatic rings. The summed E-state index contributed by atoms with van der Waals surface area (Å²) in [6.45, 7) is 4.89. The monoisotopic (exact) mass is 337 g/mol. The second-order valence-corrected chi connectivity index (χ2v) is 6.93. The third-order valence-electron chi connectivity index (χ3n) is 4.70. The topological polar surface area (TPSA) is 32.5 Å². The second-order valence-electron chi connectivity index (χ2n) is 6.02. The van der Waals surface area contributed by atoms with Crippen LogP contribution >= 0.6 is 15.9 Å². The highest BCUT2D eigenvalue weighted by molar-refractivity contribution is 9.10. The van der Waals surface area contributed by atoms with E-state index in [1.165, 1.54) is 50.9 Å². The summed E-state index contributed by atoms with van der Waals surface area (Å²) < 4.78 is 1.06. The predicted molar refractivity (Wildman–Crippen MR) is 89.2 cm³/mol. The van der Waals surface area contributed by atoms with E-state index in [1.54, 1.807) is 0 Å². The number of halogens is 1. The van der Waals surface area contributed by atoms with Crippen LogP contribution in [-0.2, 0) is 0 Å². The molecular weight excluding hydrogens is 314 g/mol. The third-order valence-corrected chi connectivity index (χ3v) is 5.20. The summed E-state index contributed by atoms with van der Waals surface area (Å²) in [6, 6.07) is 7.03. The van der Waals surface area contributed by atoms with Crippen LogP contribution in [0.5, 0.6) is 0 Å². The molecule has 2 fully saturated rings. The molecule has 0 radical (unpaired) electrons. The molecule has 2 saturated heterocycles. The fourth-order valence-electron chi connectivity index (χ4n) is 3.57. The molecule has 110 valence electrons. The first kappa shape index (κ1) is 14.2. The maximum absolute atomic E-state index is 6.15. The molecule has 0 unspecified atom stereocenters. The molecule has 2 N–H and O–H groups in total. The van der Waals surface area contributed by atoms with Gasteiger partial charge in [-0.1, -0.05) is 22.4 Å². The molecule has 0 aromatic heterocycles. The van der Waals surface area contributed by atoms with Crippen LogP contribution in [0.4, 0.5) is 11.4 Å². The first-order valence-corrected chi connectivity index (χ1v) is 8.57. The highest BCUT2D eigenvalue weighted by Crippen LogP contribution is 2.30. The van der Waals surface area contributed by atoms with Crippen LogP contribution in [0, 0.1) is 0 Å². The van der Waals surface area contributed by atoms with Crippen molar-refractivity contribution in [3.63, 3.8) is 0 Å². The lowest BCUT2D eigenvalue weighted by Crippen LogP contribution is -2.46. The van der Waals surface area contributed by atoms with Gasteiger partial charge in [-0.15, -0.1) is 0 Å². The number of nitrogens with two attached hydrogens (primary N) is 1. The molecule has 0 aliphatic carbocycles. The highest BCUT2D eigenvalue weighted by atomic mass is 79.9. The molecule has 20 heavy (non-hydrogen) atoms. The molecule has 2 heterocycles. The summed E-state index contributed by atoms with van der Waals surface area (Å²) >= 11 is 3.48. The zero-order valence-electron chi connectivity index (χ0n) is 12.0. The van der Waals surface area contributed by atoms with Crippen molar-refractivity contribution in [2.45, 2.75) is 38.1 Å². The number of piperidine rings is 2. The molecular formula is C16H24BrN3. The molecule has 0 spiro atoms. The average Bonchev–Trinajstić information content (AvgIpc) is 2.48. The molecule has 1 aromatic carbocycles. The summed E-state index contributed by atoms with van der Waals surface area (Å²) in [4.78, 5) is 5.16. The van der Waals surface area contributed by atoms with Gasteiger partial charge in [-0.3, -0.25) is 0 Å². The Morgan fingerprint density at radius 1 is 1.00 bits per heavy atom. The van der Waals surface area contributed by atoms with Gasteiger partial charge in [-0.25, -0.2) is 0 Å². The van der Waals surface area contributed by atoms with Crippen molar-refractivity contribution in [1.29, 1.82) is 0 Å². The van der Waals surface area contributed by atoms with Crippen LogP contribution in [-0.4, -0.2) is 37.1 Å². The summed E-state index contributed by atoms with van der Waals surface area (Å²) in [5, 5.41) is 0. The fourth-order valence-corrected chi connectivity index (χ4v) is 3.95. The number of nitrogens with zero attached hydrogens (tertiary/aromatic N) is 2. The van der Waals surface area contributed by atoms with Gasteiger partial charge in [0.1, 0.15) is 0 Å². The second kappa shape index (κ2) is 6.35. The van der Waals surface area contributed by atoms with E-state index in [-0.39, 0.29) is 0 Å². The van der Waals surface area contributed by atoms with Crippen LogP contribution in [0.3, 0.4) is 0 Å². The minimum absolute atomic E-state index is 0.795. The molecule has 4 heteroatoms. The van der Waals surface area contributed by atoms with E-state index < -0.39 is 0 Å². The Balaban J connectivity index is 1.60. The van der Waals surface area contributed by atoms with E-state index in [0.29, 0.717) is 0 Å². The molecule has 0 saturated carbocycles. The molecule has 0 atom stereocenters. The van der Waals surface area contributed by atoms with E-state index in [4.69, 9.17) is 5.73 Å². The van der Waals surface area contributed by atoms with Crippen molar-refractivity contribution in [3.8, 4) is 0 Å². The maximum atomic E-state index is 6.15. The number of rotatable bonds is 2. The van der Waals surface area contributed by atoms with Crippen molar-refractivity contribution >= 4 is 27.3 Å². The summed E-state index contributed by atoms with van der Waals surface area (Å²) in [7, 11) is 0. The van der Waals surface area contributed by atoms with Crippen molar-refractivity contribution in [3.05, 3.63) is 22.7 Å². The van der Waals surface area contributed by atoms with E-state index in [9.17, 15) is 0 Å². The van der Waals surface area contributed by atoms with Gasteiger partial charge in [0, 0.05) is 23.6 Å². The first-order chi connectivity index (χ1) is 9.74. The van der Waals surface area contributed by atoms with Crippen LogP contribution in [0.2, 0.25) is 0 Å². The Bertz CT molecular complexity index is 449. The lowest BCUT2D eigenvalue weighted by atomic mass is 9.99. The minimum Gasteiger partial charge on any atom is -0.397 e. The van der Waals surface area contributed by atoms with Gasteiger partial charge in [0.15, 0.2) is 0 Å². The third kappa shape index (κ3) is 3.12. The SMILES string of the molecule is Nc1cc(Br)ccc1N1CCC(N2CCCCC2)CC1. The van der Waals surface area contributed by atoms with Gasteiger partial charge in [0.05, 0.1) is 11.4 Å². The van der Waals surface area contributed by atoms with E-state index in [0.717, 1.165) is 29.3 Å². The molecule has 2 aliphatic heterocycles. The van der Waals surface area contributed by atoms with Crippen molar-refractivity contribution in [2.24, 2.45) is 0 Å². The van der Waals surface area contributed by atoms with Crippen molar-refractivity contribution in [1.82, 2.24) is 4.90 Å². The van der Waals surface area contributed by atoms with Gasteiger partial charge >= 0.3 is 0 Å². The fraction of sp³-hybridized carbons (Fsp3) is 0.625. The summed E-state index contributed by atoms with van der Waals surface area (Å²) in [6.07, 6.45) is 6.75. The van der Waals surface area contributed by atoms with Gasteiger partial charge in [-0.05, 0) is 57.0 Å². The zero-order valence-corrected chi connectivity index (χ0v) is 13.6. The van der Waals surface area contributed by atoms with Gasteiger partial charge in [-0.2, -0.15) is 0 Å². The smallest absolute Gasteiger partial charge is 0.0600 e. The summed E-state index contributed by atoms with van der Waals surface area (Å²) in [5.41, 5.74) is 8.23. The van der Waals surface area contributed by atoms with Crippen LogP contribution in [0.15, 0.2) is 22.7 Å².